The Bertz CT molecular complexity index is 2910. The van der Waals surface area contributed by atoms with Gasteiger partial charge in [-0.3, -0.25) is 40.5 Å². The van der Waals surface area contributed by atoms with Crippen molar-refractivity contribution in [2.24, 2.45) is 0 Å². The minimum Gasteiger partial charge on any atom is -0.477 e. The van der Waals surface area contributed by atoms with Crippen LogP contribution in [0.4, 0.5) is 21.4 Å². The summed E-state index contributed by atoms with van der Waals surface area (Å²) >= 11 is 12.6. The average Bonchev–Trinajstić information content (AvgIpc) is 4.24. The number of aryl methyl sites for hydroxylation is 3. The van der Waals surface area contributed by atoms with Gasteiger partial charge in [0, 0.05) is 22.8 Å². The highest BCUT2D eigenvalue weighted by Crippen LogP contribution is 2.33. The number of halogens is 2. The second-order valence-corrected chi connectivity index (χ2v) is 19.7. The number of carbonyl (C=O) groups is 6. The third-order valence-corrected chi connectivity index (χ3v) is 15.9. The molecule has 0 aliphatic carbocycles. The number of carboxylic acid groups (broad SMARTS) is 1. The molecule has 1 N–H and O–H groups in total. The molecule has 0 spiro atoms. The molecule has 32 heteroatoms. The van der Waals surface area contributed by atoms with E-state index in [1.807, 2.05) is 18.4 Å². The van der Waals surface area contributed by atoms with Crippen LogP contribution < -0.4 is 0 Å². The summed E-state index contributed by atoms with van der Waals surface area (Å²) in [4.78, 5) is 108. The molecule has 0 saturated heterocycles. The lowest BCUT2D eigenvalue weighted by atomic mass is 10.2. The topological polar surface area (TPSA) is 341 Å². The van der Waals surface area contributed by atoms with Gasteiger partial charge in [0.05, 0.1) is 77.1 Å². The van der Waals surface area contributed by atoms with E-state index in [4.69, 9.17) is 5.11 Å². The molecule has 0 unspecified atom stereocenters. The average molecular weight is 1260 g/mol. The van der Waals surface area contributed by atoms with Crippen molar-refractivity contribution in [3.8, 4) is 0 Å². The molecule has 6 rings (SSSR count). The Kier molecular flexibility index (Phi) is 28.2. The lowest BCUT2D eigenvalue weighted by Crippen LogP contribution is -2.02. The van der Waals surface area contributed by atoms with E-state index < -0.39 is 49.5 Å². The van der Waals surface area contributed by atoms with Crippen molar-refractivity contribution < 1.29 is 77.3 Å². The molecule has 0 amide bonds. The van der Waals surface area contributed by atoms with Gasteiger partial charge in [-0.05, 0) is 72.8 Å². The number of nitrogens with zero attached hydrogens (tertiary/aromatic N) is 4. The van der Waals surface area contributed by atoms with Crippen LogP contribution in [0.5, 0.6) is 0 Å². The van der Waals surface area contributed by atoms with Gasteiger partial charge in [-0.1, -0.05) is 54.5 Å². The number of carbonyl (C=O) groups excluding carboxylic acids is 5. The van der Waals surface area contributed by atoms with Crippen molar-refractivity contribution in [1.29, 1.82) is 0 Å². The third kappa shape index (κ3) is 19.2. The molecule has 0 aromatic carbocycles. The molecular formula is C41H40Br2N4O20S6. The Hall–Kier alpha value is -6.42. The first-order valence-electron chi connectivity index (χ1n) is 19.2. The van der Waals surface area contributed by atoms with Gasteiger partial charge in [0.1, 0.15) is 29.3 Å². The first-order chi connectivity index (χ1) is 34.3. The predicted octanol–water partition coefficient (Wildman–Crippen LogP) is 11.8. The molecule has 0 atom stereocenters. The van der Waals surface area contributed by atoms with E-state index in [1.165, 1.54) is 88.0 Å². The number of methoxy groups -OCH3 is 5. The second-order valence-electron chi connectivity index (χ2n) is 13.0. The molecule has 0 aliphatic heterocycles. The molecule has 6 aromatic heterocycles. The second kappa shape index (κ2) is 31.9. The van der Waals surface area contributed by atoms with Crippen LogP contribution in [0.3, 0.4) is 0 Å². The Morgan fingerprint density at radius 2 is 0.904 bits per heavy atom. The maximum atomic E-state index is 11.2. The van der Waals surface area contributed by atoms with Crippen LogP contribution >= 0.6 is 99.9 Å². The third-order valence-electron chi connectivity index (χ3n) is 8.39. The Balaban J connectivity index is 0.000000441. The predicted molar refractivity (Wildman–Crippen MR) is 280 cm³/mol. The lowest BCUT2D eigenvalue weighted by Gasteiger charge is -1.97. The summed E-state index contributed by atoms with van der Waals surface area (Å²) in [5, 5.41) is 57.1. The van der Waals surface area contributed by atoms with Crippen LogP contribution in [-0.2, 0) is 34.3 Å². The van der Waals surface area contributed by atoms with Crippen molar-refractivity contribution in [2.75, 3.05) is 35.5 Å². The highest BCUT2D eigenvalue weighted by atomic mass is 79.9. The highest BCUT2D eigenvalue weighted by Gasteiger charge is 2.25. The molecule has 6 aromatic rings. The Labute approximate surface area is 453 Å². The van der Waals surface area contributed by atoms with Gasteiger partial charge < -0.3 is 28.8 Å². The minimum atomic E-state index is -0.831. The summed E-state index contributed by atoms with van der Waals surface area (Å²) in [5.41, 5.74) is 3.62. The number of esters is 5. The zero-order chi connectivity index (χ0) is 55.9. The van der Waals surface area contributed by atoms with Crippen LogP contribution in [0.15, 0.2) is 45.8 Å². The van der Waals surface area contributed by atoms with Gasteiger partial charge in [-0.25, -0.2) is 28.8 Å². The number of rotatable bonds is 12. The van der Waals surface area contributed by atoms with Gasteiger partial charge in [0.15, 0.2) is 0 Å². The van der Waals surface area contributed by atoms with Gasteiger partial charge in [0.2, 0.25) is 0 Å². The van der Waals surface area contributed by atoms with Crippen molar-refractivity contribution >= 4 is 157 Å². The quantitative estimate of drug-likeness (QED) is 0.0391. The number of nitro groups is 4. The van der Waals surface area contributed by atoms with Crippen molar-refractivity contribution in [3.63, 3.8) is 0 Å². The molecule has 0 fully saturated rings. The van der Waals surface area contributed by atoms with Crippen LogP contribution in [-0.4, -0.2) is 96.2 Å². The molecule has 6 heterocycles. The van der Waals surface area contributed by atoms with Crippen LogP contribution in [0.1, 0.15) is 91.4 Å². The Morgan fingerprint density at radius 3 is 1.27 bits per heavy atom. The minimum absolute atomic E-state index is 0.0367. The van der Waals surface area contributed by atoms with Crippen molar-refractivity contribution in [1.82, 2.24) is 0 Å². The molecular weight excluding hydrogens is 1220 g/mol. The summed E-state index contributed by atoms with van der Waals surface area (Å²) in [6.07, 6.45) is 0. The normalized spacial score (nSPS) is 9.68. The summed E-state index contributed by atoms with van der Waals surface area (Å²) in [6.45, 7) is 6.85. The fourth-order valence-corrected chi connectivity index (χ4v) is 11.5. The van der Waals surface area contributed by atoms with Gasteiger partial charge >= 0.3 is 45.8 Å². The van der Waals surface area contributed by atoms with Gasteiger partial charge in [-0.2, -0.15) is 0 Å². The number of hydrogen-bond donors (Lipinski definition) is 1. The van der Waals surface area contributed by atoms with Gasteiger partial charge in [-0.15, -0.1) is 45.3 Å². The zero-order valence-electron chi connectivity index (χ0n) is 39.2. The molecule has 24 nitrogen and oxygen atoms in total. The number of alkyl halides is 2. The molecule has 0 radical (unpaired) electrons. The fourth-order valence-electron chi connectivity index (χ4n) is 4.79. The molecule has 394 valence electrons. The van der Waals surface area contributed by atoms with Crippen LogP contribution in [0.2, 0.25) is 0 Å². The number of carboxylic acids is 1. The van der Waals surface area contributed by atoms with Gasteiger partial charge in [0.25, 0.3) is 11.4 Å². The molecule has 0 saturated carbocycles. The van der Waals surface area contributed by atoms with Crippen molar-refractivity contribution in [2.45, 2.75) is 38.4 Å². The SMILES string of the molecule is COC(=O)c1sc([N+](=O)[O-])cc1C.COC(=O)c1sc([N+](=O)[O-])cc1CBr.COC(=O)c1scc([N+](=O)[O-])c1C.COC(=O)c1scc([N+](=O)[O-])c1CBr.COC(=O)c1sccc1C.Cc1ccsc1C(=O)O. The van der Waals surface area contributed by atoms with E-state index in [2.05, 4.69) is 55.5 Å². The van der Waals surface area contributed by atoms with E-state index in [-0.39, 0.29) is 52.2 Å². The molecule has 0 bridgehead atoms. The van der Waals surface area contributed by atoms with Crippen LogP contribution in [0.25, 0.3) is 0 Å². The lowest BCUT2D eigenvalue weighted by molar-refractivity contribution is -0.385. The number of hydrogen-bond acceptors (Lipinski definition) is 25. The fraction of sp³-hybridized carbons (Fsp3) is 0.268. The first-order valence-corrected chi connectivity index (χ1v) is 26.6. The van der Waals surface area contributed by atoms with E-state index in [0.717, 1.165) is 56.5 Å². The van der Waals surface area contributed by atoms with E-state index >= 15 is 0 Å². The first kappa shape index (κ1) is 64.6. The summed E-state index contributed by atoms with van der Waals surface area (Å²) in [6, 6.07) is 6.42. The van der Waals surface area contributed by atoms with Crippen LogP contribution in [0, 0.1) is 68.2 Å². The smallest absolute Gasteiger partial charge is 0.348 e. The standard InChI is InChI=1S/2C7H6BrNO4S.2C7H7NO4S.C7H8O2S.C6H6O2S/c1-13-7(10)6-4(2-8)5(3-14-6)9(11)12;1-13-7(10)6-4(3-8)2-5(14-6)9(11)12;1-4-5(8(10)11)3-13-6(4)7(9)12-2;1-4-3-5(8(10)11)13-6(4)7(9)12-2;1-5-3-4-10-6(5)7(8)9-2;1-4-2-3-9-5(4)6(7)8/h3H,2H2,1H3;2H,3H2,1H3;2*3H,1-2H3;3-4H,1-2H3;2-3H,1H3,(H,7,8). The van der Waals surface area contributed by atoms with Crippen molar-refractivity contribution in [3.05, 3.63) is 149 Å². The molecule has 0 aliphatic rings. The monoisotopic (exact) mass is 1260 g/mol. The maximum absolute atomic E-state index is 11.2. The zero-order valence-corrected chi connectivity index (χ0v) is 47.3. The van der Waals surface area contributed by atoms with E-state index in [1.54, 1.807) is 25.3 Å². The highest BCUT2D eigenvalue weighted by molar-refractivity contribution is 9.08. The molecule has 73 heavy (non-hydrogen) atoms. The number of aromatic carboxylic acids is 1. The Morgan fingerprint density at radius 1 is 0.507 bits per heavy atom. The summed E-state index contributed by atoms with van der Waals surface area (Å²) in [7, 11) is 6.36. The summed E-state index contributed by atoms with van der Waals surface area (Å²) < 4.78 is 22.5. The largest absolute Gasteiger partial charge is 0.477 e. The van der Waals surface area contributed by atoms with E-state index in [9.17, 15) is 69.2 Å². The number of thiophene rings is 6. The summed E-state index contributed by atoms with van der Waals surface area (Å²) in [5.74, 6) is -3.23. The maximum Gasteiger partial charge on any atom is 0.348 e. The van der Waals surface area contributed by atoms with E-state index in [0.29, 0.717) is 37.3 Å². The number of ether oxygens (including phenoxy) is 5.